The lowest BCUT2D eigenvalue weighted by Crippen LogP contribution is -2.48. The van der Waals surface area contributed by atoms with Gasteiger partial charge in [0.25, 0.3) is 0 Å². The van der Waals surface area contributed by atoms with E-state index in [2.05, 4.69) is 24.4 Å². The van der Waals surface area contributed by atoms with E-state index in [1.807, 2.05) is 0 Å². The number of rotatable bonds is 3. The van der Waals surface area contributed by atoms with Crippen molar-refractivity contribution in [1.29, 1.82) is 0 Å². The zero-order chi connectivity index (χ0) is 14.4. The van der Waals surface area contributed by atoms with Gasteiger partial charge in [0, 0.05) is 6.54 Å². The molecule has 5 heterocycles. The average molecular weight is 308 g/mol. The van der Waals surface area contributed by atoms with Gasteiger partial charge in [0.1, 0.15) is 12.2 Å². The molecule has 7 heteroatoms. The number of hydrogen-bond acceptors (Lipinski definition) is 5. The fraction of sp³-hybridized carbons (Fsp3) is 0.643. The molecule has 0 aromatic carbocycles. The van der Waals surface area contributed by atoms with Gasteiger partial charge in [-0.3, -0.25) is 0 Å². The zero-order valence-corrected chi connectivity index (χ0v) is 12.8. The third kappa shape index (κ3) is 2.00. The number of ether oxygens (including phenoxy) is 1. The number of alkyl halides is 1. The Morgan fingerprint density at radius 3 is 2.76 bits per heavy atom. The van der Waals surface area contributed by atoms with Crippen molar-refractivity contribution in [3.05, 3.63) is 12.2 Å². The van der Waals surface area contributed by atoms with E-state index in [4.69, 9.17) is 16.3 Å². The summed E-state index contributed by atoms with van der Waals surface area (Å²) in [5, 5.41) is 0. The maximum Gasteiger partial charge on any atom is 0.245 e. The van der Waals surface area contributed by atoms with Crippen LogP contribution >= 0.6 is 11.6 Å². The lowest BCUT2D eigenvalue weighted by atomic mass is 9.84. The molecule has 1 atom stereocenters. The number of methoxy groups -OCH3 is 1. The second-order valence-electron chi connectivity index (χ2n) is 5.79. The highest BCUT2D eigenvalue weighted by atomic mass is 35.5. The number of hydrogen-bond donors (Lipinski definition) is 0. The molecule has 0 radical (unpaired) electrons. The van der Waals surface area contributed by atoms with Gasteiger partial charge in [0.15, 0.2) is 11.2 Å². The van der Waals surface area contributed by atoms with Crippen molar-refractivity contribution < 1.29 is 4.74 Å². The molecule has 2 bridgehead atoms. The van der Waals surface area contributed by atoms with Gasteiger partial charge in [0.2, 0.25) is 5.88 Å². The van der Waals surface area contributed by atoms with Crippen molar-refractivity contribution in [2.75, 3.05) is 26.7 Å². The summed E-state index contributed by atoms with van der Waals surface area (Å²) in [6, 6.07) is 0.408. The molecule has 2 aromatic heterocycles. The molecule has 6 nitrogen and oxygen atoms in total. The summed E-state index contributed by atoms with van der Waals surface area (Å²) in [6.07, 6.45) is 4.03. The first-order valence-corrected chi connectivity index (χ1v) is 7.89. The molecule has 112 valence electrons. The van der Waals surface area contributed by atoms with E-state index in [-0.39, 0.29) is 0 Å². The van der Waals surface area contributed by atoms with E-state index in [0.29, 0.717) is 29.2 Å². The molecule has 3 aliphatic heterocycles. The summed E-state index contributed by atoms with van der Waals surface area (Å²) in [6.45, 7) is 3.48. The number of piperidine rings is 3. The zero-order valence-electron chi connectivity index (χ0n) is 12.0. The molecule has 0 spiro atoms. The van der Waals surface area contributed by atoms with Crippen molar-refractivity contribution in [2.24, 2.45) is 5.92 Å². The molecular formula is C14H18ClN5O. The monoisotopic (exact) mass is 307 g/mol. The molecule has 5 rings (SSSR count). The first-order valence-electron chi connectivity index (χ1n) is 7.36. The Hall–Kier alpha value is -1.40. The molecule has 3 saturated heterocycles. The summed E-state index contributed by atoms with van der Waals surface area (Å²) in [5.41, 5.74) is 1.56. The molecular weight excluding hydrogens is 290 g/mol. The maximum atomic E-state index is 6.13. The summed E-state index contributed by atoms with van der Waals surface area (Å²) < 4.78 is 7.53. The van der Waals surface area contributed by atoms with Gasteiger partial charge < -0.3 is 14.2 Å². The molecule has 0 aliphatic carbocycles. The van der Waals surface area contributed by atoms with E-state index in [1.165, 1.54) is 25.9 Å². The van der Waals surface area contributed by atoms with Crippen LogP contribution in [0.15, 0.2) is 6.33 Å². The van der Waals surface area contributed by atoms with Gasteiger partial charge in [-0.05, 0) is 31.8 Å². The molecule has 21 heavy (non-hydrogen) atoms. The number of fused-ring (bicyclic) bond motifs is 4. The molecule has 2 aromatic rings. The normalized spacial score (nSPS) is 28.2. The fourth-order valence-electron chi connectivity index (χ4n) is 3.75. The van der Waals surface area contributed by atoms with Gasteiger partial charge in [-0.2, -0.15) is 4.98 Å². The Bertz CT molecular complexity index is 665. The van der Waals surface area contributed by atoms with Crippen molar-refractivity contribution in [2.45, 2.75) is 24.8 Å². The van der Waals surface area contributed by atoms with Crippen LogP contribution in [0.3, 0.4) is 0 Å². The Labute approximate surface area is 128 Å². The summed E-state index contributed by atoms with van der Waals surface area (Å²) in [7, 11) is 1.61. The average Bonchev–Trinajstić information content (AvgIpc) is 2.94. The Morgan fingerprint density at radius 2 is 2.14 bits per heavy atom. The summed E-state index contributed by atoms with van der Waals surface area (Å²) >= 11 is 6.13. The molecule has 3 aliphatic rings. The third-order valence-corrected chi connectivity index (χ3v) is 5.02. The Balaban J connectivity index is 1.87. The highest BCUT2D eigenvalue weighted by molar-refractivity contribution is 6.16. The standard InChI is InChI=1S/C14H18ClN5O/c1-21-14-12-13(16-8-17-14)20(11(6-15)18-12)10-7-19-4-2-9(10)3-5-19/h8-10H,2-7H2,1H3. The highest BCUT2D eigenvalue weighted by Crippen LogP contribution is 2.38. The lowest BCUT2D eigenvalue weighted by Gasteiger charge is -2.45. The fourth-order valence-corrected chi connectivity index (χ4v) is 3.94. The van der Waals surface area contributed by atoms with Crippen LogP contribution in [0.2, 0.25) is 0 Å². The minimum atomic E-state index is 0.378. The van der Waals surface area contributed by atoms with E-state index in [9.17, 15) is 0 Å². The Kier molecular flexibility index (Phi) is 3.23. The molecule has 0 amide bonds. The summed E-state index contributed by atoms with van der Waals surface area (Å²) in [4.78, 5) is 15.7. The predicted octanol–water partition coefficient (Wildman–Crippen LogP) is 1.84. The summed E-state index contributed by atoms with van der Waals surface area (Å²) in [5.74, 6) is 2.45. The van der Waals surface area contributed by atoms with Crippen molar-refractivity contribution in [3.8, 4) is 5.88 Å². The van der Waals surface area contributed by atoms with Crippen LogP contribution < -0.4 is 4.74 Å². The number of imidazole rings is 1. The minimum absolute atomic E-state index is 0.378. The topological polar surface area (TPSA) is 56.1 Å². The maximum absolute atomic E-state index is 6.13. The van der Waals surface area contributed by atoms with Crippen LogP contribution in [0.5, 0.6) is 5.88 Å². The quantitative estimate of drug-likeness (QED) is 0.810. The van der Waals surface area contributed by atoms with E-state index < -0.39 is 0 Å². The van der Waals surface area contributed by atoms with Crippen LogP contribution in [0.25, 0.3) is 11.2 Å². The van der Waals surface area contributed by atoms with Crippen molar-refractivity contribution >= 4 is 22.8 Å². The van der Waals surface area contributed by atoms with Crippen molar-refractivity contribution in [3.63, 3.8) is 0 Å². The van der Waals surface area contributed by atoms with E-state index in [1.54, 1.807) is 13.4 Å². The van der Waals surface area contributed by atoms with Crippen molar-refractivity contribution in [1.82, 2.24) is 24.4 Å². The van der Waals surface area contributed by atoms with E-state index in [0.717, 1.165) is 18.0 Å². The smallest absolute Gasteiger partial charge is 0.245 e. The Morgan fingerprint density at radius 1 is 1.33 bits per heavy atom. The second kappa shape index (κ2) is 5.10. The van der Waals surface area contributed by atoms with Gasteiger partial charge in [-0.15, -0.1) is 11.6 Å². The largest absolute Gasteiger partial charge is 0.479 e. The highest BCUT2D eigenvalue weighted by Gasteiger charge is 2.37. The minimum Gasteiger partial charge on any atom is -0.479 e. The predicted molar refractivity (Wildman–Crippen MR) is 79.6 cm³/mol. The van der Waals surface area contributed by atoms with Crippen LogP contribution in [0.4, 0.5) is 0 Å². The van der Waals surface area contributed by atoms with Crippen LogP contribution in [-0.4, -0.2) is 51.2 Å². The molecule has 1 unspecified atom stereocenters. The van der Waals surface area contributed by atoms with Crippen LogP contribution in [0.1, 0.15) is 24.7 Å². The second-order valence-corrected chi connectivity index (χ2v) is 6.06. The van der Waals surface area contributed by atoms with Gasteiger partial charge in [-0.1, -0.05) is 0 Å². The van der Waals surface area contributed by atoms with E-state index >= 15 is 0 Å². The molecule has 0 N–H and O–H groups in total. The van der Waals surface area contributed by atoms with Gasteiger partial charge in [-0.25, -0.2) is 9.97 Å². The lowest BCUT2D eigenvalue weighted by molar-refractivity contribution is 0.0576. The number of aromatic nitrogens is 4. The molecule has 3 fully saturated rings. The molecule has 0 saturated carbocycles. The first kappa shape index (κ1) is 13.3. The number of nitrogens with zero attached hydrogens (tertiary/aromatic N) is 5. The van der Waals surface area contributed by atoms with Crippen LogP contribution in [0, 0.1) is 5.92 Å². The first-order chi connectivity index (χ1) is 10.3. The van der Waals surface area contributed by atoms with Gasteiger partial charge in [0.05, 0.1) is 19.0 Å². The number of halogens is 1. The van der Waals surface area contributed by atoms with Crippen LogP contribution in [-0.2, 0) is 5.88 Å². The SMILES string of the molecule is COc1ncnc2c1nc(CCl)n2C1CN2CCC1CC2. The van der Waals surface area contributed by atoms with Gasteiger partial charge >= 0.3 is 0 Å². The third-order valence-electron chi connectivity index (χ3n) is 4.78.